The molecule has 17 heavy (non-hydrogen) atoms. The van der Waals surface area contributed by atoms with Gasteiger partial charge in [-0.15, -0.1) is 0 Å². The first-order valence-electron chi connectivity index (χ1n) is 5.15. The second-order valence-corrected chi connectivity index (χ2v) is 3.45. The molecule has 0 saturated carbocycles. The van der Waals surface area contributed by atoms with Gasteiger partial charge in [0.2, 0.25) is 0 Å². The number of benzene rings is 1. The van der Waals surface area contributed by atoms with E-state index in [0.29, 0.717) is 5.56 Å². The summed E-state index contributed by atoms with van der Waals surface area (Å²) in [4.78, 5) is 10.4. The van der Waals surface area contributed by atoms with Crippen molar-refractivity contribution in [3.63, 3.8) is 0 Å². The molecule has 2 rings (SSSR count). The van der Waals surface area contributed by atoms with E-state index in [9.17, 15) is 10.1 Å². The molecular weight excluding hydrogens is 216 g/mol. The number of aromatic nitrogens is 1. The van der Waals surface area contributed by atoms with Gasteiger partial charge in [-0.1, -0.05) is 18.2 Å². The fourth-order valence-corrected chi connectivity index (χ4v) is 1.47. The van der Waals surface area contributed by atoms with Gasteiger partial charge in [-0.05, 0) is 6.07 Å². The van der Waals surface area contributed by atoms with E-state index < -0.39 is 0 Å². The lowest BCUT2D eigenvalue weighted by Gasteiger charge is -1.94. The Hall–Kier alpha value is -2.49. The van der Waals surface area contributed by atoms with E-state index in [-0.39, 0.29) is 10.6 Å². The third-order valence-electron chi connectivity index (χ3n) is 2.30. The van der Waals surface area contributed by atoms with Crippen molar-refractivity contribution >= 4 is 18.0 Å². The van der Waals surface area contributed by atoms with E-state index >= 15 is 0 Å². The van der Waals surface area contributed by atoms with Crippen LogP contribution in [0.3, 0.4) is 0 Å². The van der Waals surface area contributed by atoms with Crippen LogP contribution in [0.1, 0.15) is 5.56 Å². The van der Waals surface area contributed by atoms with Crippen LogP contribution in [0.4, 0.5) is 5.69 Å². The van der Waals surface area contributed by atoms with Crippen LogP contribution in [0.15, 0.2) is 54.9 Å². The second kappa shape index (κ2) is 5.03. The highest BCUT2D eigenvalue weighted by Gasteiger charge is 2.09. The van der Waals surface area contributed by atoms with Gasteiger partial charge in [0.25, 0.3) is 5.69 Å². The smallest absolute Gasteiger partial charge is 0.258 e. The molecule has 0 amide bonds. The zero-order valence-electron chi connectivity index (χ0n) is 9.06. The summed E-state index contributed by atoms with van der Waals surface area (Å²) in [5.41, 5.74) is 0.703. The topological polar surface area (TPSA) is 47.0 Å². The summed E-state index contributed by atoms with van der Waals surface area (Å²) >= 11 is 0. The predicted octanol–water partition coefficient (Wildman–Crippen LogP) is 2.51. The van der Waals surface area contributed by atoms with Crippen molar-refractivity contribution in [2.45, 2.75) is 0 Å². The normalized spacial score (nSPS) is 10.6. The van der Waals surface area contributed by atoms with Crippen molar-refractivity contribution in [2.24, 2.45) is 0 Å². The molecular formula is C13H11N2O2+. The lowest BCUT2D eigenvalue weighted by Crippen LogP contribution is -2.23. The molecule has 0 aliphatic heterocycles. The van der Waals surface area contributed by atoms with Crippen molar-refractivity contribution < 1.29 is 9.49 Å². The summed E-state index contributed by atoms with van der Waals surface area (Å²) in [6.07, 6.45) is 7.23. The van der Waals surface area contributed by atoms with Gasteiger partial charge in [-0.25, -0.2) is 0 Å². The van der Waals surface area contributed by atoms with Gasteiger partial charge in [0, 0.05) is 24.3 Å². The van der Waals surface area contributed by atoms with Gasteiger partial charge in [-0.2, -0.15) is 4.57 Å². The van der Waals surface area contributed by atoms with Gasteiger partial charge >= 0.3 is 0 Å². The Morgan fingerprint density at radius 2 is 1.76 bits per heavy atom. The zero-order valence-corrected chi connectivity index (χ0v) is 9.06. The molecule has 0 aliphatic carbocycles. The Balaban J connectivity index is 2.30. The quantitative estimate of drug-likeness (QED) is 0.459. The highest BCUT2D eigenvalue weighted by atomic mass is 16.6. The van der Waals surface area contributed by atoms with E-state index in [4.69, 9.17) is 0 Å². The standard InChI is InChI=1S/C13H11N2O2/c16-15(17)13-7-3-2-6-12(13)8-11-14-9-4-1-5-10-14/h1-11H/q+1/b11-8-. The Morgan fingerprint density at radius 1 is 1.06 bits per heavy atom. The monoisotopic (exact) mass is 227 g/mol. The van der Waals surface area contributed by atoms with Crippen LogP contribution in [0.5, 0.6) is 0 Å². The SMILES string of the molecule is O=[N+]([O-])c1ccccc1/C=C\[n+]1ccccc1. The van der Waals surface area contributed by atoms with Crippen molar-refractivity contribution in [2.75, 3.05) is 0 Å². The summed E-state index contributed by atoms with van der Waals surface area (Å²) in [6, 6.07) is 12.4. The van der Waals surface area contributed by atoms with E-state index in [0.717, 1.165) is 0 Å². The molecule has 4 nitrogen and oxygen atoms in total. The first-order valence-corrected chi connectivity index (χ1v) is 5.15. The van der Waals surface area contributed by atoms with E-state index in [1.54, 1.807) is 30.5 Å². The molecule has 4 heteroatoms. The van der Waals surface area contributed by atoms with Crippen LogP contribution >= 0.6 is 0 Å². The van der Waals surface area contributed by atoms with Gasteiger partial charge in [-0.3, -0.25) is 10.1 Å². The fourth-order valence-electron chi connectivity index (χ4n) is 1.47. The molecule has 0 bridgehead atoms. The van der Waals surface area contributed by atoms with Gasteiger partial charge < -0.3 is 0 Å². The lowest BCUT2D eigenvalue weighted by atomic mass is 10.2. The summed E-state index contributed by atoms with van der Waals surface area (Å²) in [7, 11) is 0. The average molecular weight is 227 g/mol. The maximum atomic E-state index is 10.8. The number of hydrogen-bond donors (Lipinski definition) is 0. The second-order valence-electron chi connectivity index (χ2n) is 3.45. The number of para-hydroxylation sites is 1. The molecule has 1 aromatic heterocycles. The summed E-state index contributed by atoms with van der Waals surface area (Å²) < 4.78 is 1.83. The predicted molar refractivity (Wildman–Crippen MR) is 65.0 cm³/mol. The summed E-state index contributed by atoms with van der Waals surface area (Å²) in [6.45, 7) is 0. The third-order valence-corrected chi connectivity index (χ3v) is 2.30. The van der Waals surface area contributed by atoms with Gasteiger partial charge in [0.1, 0.15) is 0 Å². The average Bonchev–Trinajstić information content (AvgIpc) is 2.38. The molecule has 0 fully saturated rings. The molecule has 0 spiro atoms. The lowest BCUT2D eigenvalue weighted by molar-refractivity contribution is -0.567. The van der Waals surface area contributed by atoms with Crippen molar-refractivity contribution in [3.05, 3.63) is 70.5 Å². The minimum absolute atomic E-state index is 0.111. The molecule has 0 atom stereocenters. The molecule has 1 heterocycles. The number of nitro benzene ring substituents is 1. The van der Waals surface area contributed by atoms with Crippen molar-refractivity contribution in [1.82, 2.24) is 0 Å². The first-order chi connectivity index (χ1) is 8.27. The van der Waals surface area contributed by atoms with Crippen LogP contribution < -0.4 is 4.57 Å². The minimum atomic E-state index is -0.380. The molecule has 0 radical (unpaired) electrons. The maximum Gasteiger partial charge on any atom is 0.276 e. The maximum absolute atomic E-state index is 10.8. The van der Waals surface area contributed by atoms with Gasteiger partial charge in [0.05, 0.1) is 10.5 Å². The molecule has 1 aromatic carbocycles. The molecule has 0 N–H and O–H groups in total. The van der Waals surface area contributed by atoms with Crippen LogP contribution in [-0.2, 0) is 0 Å². The van der Waals surface area contributed by atoms with Crippen molar-refractivity contribution in [3.8, 4) is 0 Å². The minimum Gasteiger partial charge on any atom is -0.258 e. The van der Waals surface area contributed by atoms with Crippen LogP contribution in [0, 0.1) is 10.1 Å². The molecule has 2 aromatic rings. The Bertz CT molecular complexity index is 550. The number of nitro groups is 1. The Labute approximate surface area is 98.6 Å². The van der Waals surface area contributed by atoms with E-state index in [1.807, 2.05) is 35.2 Å². The Kier molecular flexibility index (Phi) is 3.25. The highest BCUT2D eigenvalue weighted by Crippen LogP contribution is 2.18. The van der Waals surface area contributed by atoms with Crippen molar-refractivity contribution in [1.29, 1.82) is 0 Å². The molecule has 0 aliphatic rings. The number of pyridine rings is 1. The van der Waals surface area contributed by atoms with E-state index in [1.165, 1.54) is 6.07 Å². The highest BCUT2D eigenvalue weighted by molar-refractivity contribution is 5.65. The fraction of sp³-hybridized carbons (Fsp3) is 0. The third kappa shape index (κ3) is 2.75. The number of hydrogen-bond acceptors (Lipinski definition) is 2. The summed E-state index contributed by atoms with van der Waals surface area (Å²) in [5.74, 6) is 0. The molecule has 0 unspecified atom stereocenters. The van der Waals surface area contributed by atoms with Crippen LogP contribution in [-0.4, -0.2) is 4.92 Å². The van der Waals surface area contributed by atoms with E-state index in [2.05, 4.69) is 0 Å². The summed E-state index contributed by atoms with van der Waals surface area (Å²) in [5, 5.41) is 10.8. The number of nitrogens with zero attached hydrogens (tertiary/aromatic N) is 2. The molecule has 0 saturated heterocycles. The first kappa shape index (κ1) is 11.0. The van der Waals surface area contributed by atoms with Gasteiger partial charge in [0.15, 0.2) is 18.6 Å². The number of rotatable bonds is 3. The van der Waals surface area contributed by atoms with Crippen LogP contribution in [0.2, 0.25) is 0 Å². The zero-order chi connectivity index (χ0) is 12.1. The Morgan fingerprint density at radius 3 is 2.47 bits per heavy atom. The largest absolute Gasteiger partial charge is 0.276 e. The molecule has 84 valence electrons. The van der Waals surface area contributed by atoms with Crippen LogP contribution in [0.25, 0.3) is 12.3 Å².